The molecule has 2 aliphatic rings. The van der Waals surface area contributed by atoms with Crippen LogP contribution in [-0.4, -0.2) is 21.0 Å². The van der Waals surface area contributed by atoms with Gasteiger partial charge in [-0.2, -0.15) is 0 Å². The Kier molecular flexibility index (Phi) is 5.58. The van der Waals surface area contributed by atoms with Crippen LogP contribution in [0.2, 0.25) is 5.02 Å². The van der Waals surface area contributed by atoms with Crippen molar-refractivity contribution in [2.75, 3.05) is 5.32 Å². The molecule has 2 atom stereocenters. The minimum Gasteiger partial charge on any atom is -0.343 e. The second-order valence-corrected chi connectivity index (χ2v) is 10.8. The second-order valence-electron chi connectivity index (χ2n) is 8.92. The van der Waals surface area contributed by atoms with Crippen molar-refractivity contribution >= 4 is 35.0 Å². The van der Waals surface area contributed by atoms with Gasteiger partial charge in [-0.3, -0.25) is 9.59 Å². The molecular formula is C23H26ClN3O2S. The number of H-pyrrole nitrogens is 1. The molecule has 5 nitrogen and oxygen atoms in total. The minimum absolute atomic E-state index is 0.0711. The van der Waals surface area contributed by atoms with Gasteiger partial charge in [0.05, 0.1) is 5.56 Å². The highest BCUT2D eigenvalue weighted by Gasteiger charge is 2.42. The molecule has 1 aromatic carbocycles. The number of carbonyl (C=O) groups excluding carboxylic acids is 1. The number of fused-ring (bicyclic) bond motifs is 1. The lowest BCUT2D eigenvalue weighted by Crippen LogP contribution is -2.37. The number of carbonyl (C=O) groups is 1. The van der Waals surface area contributed by atoms with Crippen LogP contribution in [0.1, 0.15) is 64.0 Å². The number of hydrogen-bond donors (Lipinski definition) is 2. The molecule has 4 rings (SSSR count). The molecule has 2 aromatic rings. The highest BCUT2D eigenvalue weighted by Crippen LogP contribution is 2.48. The van der Waals surface area contributed by atoms with Gasteiger partial charge >= 0.3 is 0 Å². The third kappa shape index (κ3) is 3.95. The van der Waals surface area contributed by atoms with Gasteiger partial charge < -0.3 is 10.3 Å². The Morgan fingerprint density at radius 2 is 2.07 bits per heavy atom. The topological polar surface area (TPSA) is 74.8 Å². The lowest BCUT2D eigenvalue weighted by Gasteiger charge is -2.38. The first-order chi connectivity index (χ1) is 14.2. The Morgan fingerprint density at radius 1 is 1.30 bits per heavy atom. The monoisotopic (exact) mass is 443 g/mol. The van der Waals surface area contributed by atoms with Crippen molar-refractivity contribution in [3.8, 4) is 0 Å². The smallest absolute Gasteiger partial charge is 0.257 e. The van der Waals surface area contributed by atoms with Crippen molar-refractivity contribution in [1.29, 1.82) is 0 Å². The first-order valence-corrected chi connectivity index (χ1v) is 11.5. The number of Topliss-reactive ketones (excluding diaryl/α,β-unsaturated/α-hetero) is 1. The molecule has 0 radical (unpaired) electrons. The van der Waals surface area contributed by atoms with Crippen LogP contribution in [-0.2, 0) is 4.79 Å². The Morgan fingerprint density at radius 3 is 2.77 bits per heavy atom. The van der Waals surface area contributed by atoms with Crippen LogP contribution in [0.25, 0.3) is 0 Å². The Bertz CT molecular complexity index is 1110. The van der Waals surface area contributed by atoms with E-state index in [1.165, 1.54) is 0 Å². The summed E-state index contributed by atoms with van der Waals surface area (Å²) in [6.45, 7) is 8.40. The van der Waals surface area contributed by atoms with Crippen LogP contribution >= 0.6 is 23.4 Å². The summed E-state index contributed by atoms with van der Waals surface area (Å²) in [5, 5.41) is 4.86. The van der Waals surface area contributed by atoms with Crippen molar-refractivity contribution < 1.29 is 4.79 Å². The predicted octanol–water partition coefficient (Wildman–Crippen LogP) is 5.51. The number of nitrogens with zero attached hydrogens (tertiary/aromatic N) is 1. The average Bonchev–Trinajstić information content (AvgIpc) is 2.65. The lowest BCUT2D eigenvalue weighted by atomic mass is 9.69. The van der Waals surface area contributed by atoms with E-state index in [0.717, 1.165) is 24.1 Å². The van der Waals surface area contributed by atoms with Crippen molar-refractivity contribution in [2.45, 2.75) is 63.3 Å². The molecule has 0 saturated heterocycles. The molecule has 158 valence electrons. The van der Waals surface area contributed by atoms with Gasteiger partial charge in [0, 0.05) is 33.9 Å². The zero-order chi connectivity index (χ0) is 21.6. The van der Waals surface area contributed by atoms with Gasteiger partial charge in [0.15, 0.2) is 10.9 Å². The molecule has 0 fully saturated rings. The van der Waals surface area contributed by atoms with E-state index < -0.39 is 5.92 Å². The molecule has 0 amide bonds. The van der Waals surface area contributed by atoms with E-state index >= 15 is 0 Å². The number of benzene rings is 1. The van der Waals surface area contributed by atoms with Gasteiger partial charge in [0.1, 0.15) is 5.82 Å². The summed E-state index contributed by atoms with van der Waals surface area (Å²) in [5.41, 5.74) is 2.49. The lowest BCUT2D eigenvalue weighted by molar-refractivity contribution is -0.118. The highest BCUT2D eigenvalue weighted by atomic mass is 35.5. The van der Waals surface area contributed by atoms with Crippen molar-refractivity contribution in [1.82, 2.24) is 9.97 Å². The Hall–Kier alpha value is -2.05. The number of aromatic nitrogens is 2. The summed E-state index contributed by atoms with van der Waals surface area (Å²) in [4.78, 5) is 34.1. The quantitative estimate of drug-likeness (QED) is 0.481. The van der Waals surface area contributed by atoms with Gasteiger partial charge in [-0.1, -0.05) is 63.2 Å². The summed E-state index contributed by atoms with van der Waals surface area (Å²) in [6.07, 6.45) is 2.15. The van der Waals surface area contributed by atoms with Gasteiger partial charge in [-0.05, 0) is 36.0 Å². The molecular weight excluding hydrogens is 418 g/mol. The zero-order valence-corrected chi connectivity index (χ0v) is 19.2. The fourth-order valence-corrected chi connectivity index (χ4v) is 5.28. The maximum Gasteiger partial charge on any atom is 0.257 e. The largest absolute Gasteiger partial charge is 0.343 e. The van der Waals surface area contributed by atoms with E-state index in [1.807, 2.05) is 18.2 Å². The number of nitrogens with one attached hydrogen (secondary N) is 2. The molecule has 1 aliphatic heterocycles. The standard InChI is InChI=1S/C23H26ClN3O2S/c1-5-12(2)30-22-26-20-19(21(29)27-22)17(13-7-6-8-14(24)9-13)18-15(25-20)10-23(3,4)11-16(18)28/h6-9,12,17H,5,10-11H2,1-4H3,(H2,25,26,27,29). The van der Waals surface area contributed by atoms with Crippen molar-refractivity contribution in [3.05, 3.63) is 62.0 Å². The van der Waals surface area contributed by atoms with Crippen LogP contribution in [0, 0.1) is 5.41 Å². The molecule has 2 heterocycles. The summed E-state index contributed by atoms with van der Waals surface area (Å²) in [7, 11) is 0. The summed E-state index contributed by atoms with van der Waals surface area (Å²) in [6, 6.07) is 7.40. The number of anilines is 1. The van der Waals surface area contributed by atoms with Crippen molar-refractivity contribution in [3.63, 3.8) is 0 Å². The third-order valence-electron chi connectivity index (χ3n) is 5.77. The van der Waals surface area contributed by atoms with Crippen molar-refractivity contribution in [2.24, 2.45) is 5.41 Å². The normalized spacial score (nSPS) is 21.0. The summed E-state index contributed by atoms with van der Waals surface area (Å²) >= 11 is 7.81. The molecule has 30 heavy (non-hydrogen) atoms. The fraction of sp³-hybridized carbons (Fsp3) is 0.435. The molecule has 0 bridgehead atoms. The number of rotatable bonds is 4. The SMILES string of the molecule is CCC(C)Sc1nc2c(c(=O)[nH]1)C(c1cccc(Cl)c1)C1=C(CC(C)(C)CC1=O)N2. The number of ketones is 1. The predicted molar refractivity (Wildman–Crippen MR) is 122 cm³/mol. The maximum absolute atomic E-state index is 13.2. The number of allylic oxidation sites excluding steroid dienone is 2. The number of thioether (sulfide) groups is 1. The molecule has 1 aromatic heterocycles. The van der Waals surface area contributed by atoms with E-state index in [0.29, 0.717) is 38.8 Å². The second kappa shape index (κ2) is 7.89. The maximum atomic E-state index is 13.2. The van der Waals surface area contributed by atoms with E-state index in [4.69, 9.17) is 16.6 Å². The first-order valence-electron chi connectivity index (χ1n) is 10.3. The highest BCUT2D eigenvalue weighted by molar-refractivity contribution is 7.99. The Balaban J connectivity index is 1.91. The first kappa shape index (κ1) is 21.2. The van der Waals surface area contributed by atoms with Gasteiger partial charge in [0.2, 0.25) is 0 Å². The molecule has 0 spiro atoms. The number of hydrogen-bond acceptors (Lipinski definition) is 5. The van der Waals surface area contributed by atoms with Crippen LogP contribution < -0.4 is 10.9 Å². The number of halogens is 1. The summed E-state index contributed by atoms with van der Waals surface area (Å²) in [5.74, 6) is 0.137. The van der Waals surface area contributed by atoms with Gasteiger partial charge in [-0.25, -0.2) is 4.98 Å². The molecule has 7 heteroatoms. The van der Waals surface area contributed by atoms with Gasteiger partial charge in [0.25, 0.3) is 5.56 Å². The van der Waals surface area contributed by atoms with E-state index in [9.17, 15) is 9.59 Å². The Labute approximate surface area is 185 Å². The molecule has 2 N–H and O–H groups in total. The molecule has 1 aliphatic carbocycles. The minimum atomic E-state index is -0.475. The zero-order valence-electron chi connectivity index (χ0n) is 17.6. The van der Waals surface area contributed by atoms with Crippen LogP contribution in [0.4, 0.5) is 5.82 Å². The summed E-state index contributed by atoms with van der Waals surface area (Å²) < 4.78 is 0. The number of aromatic amines is 1. The van der Waals surface area contributed by atoms with E-state index in [1.54, 1.807) is 17.8 Å². The fourth-order valence-electron chi connectivity index (χ4n) is 4.24. The van der Waals surface area contributed by atoms with Gasteiger partial charge in [-0.15, -0.1) is 0 Å². The van der Waals surface area contributed by atoms with E-state index in [2.05, 4.69) is 38.0 Å². The van der Waals surface area contributed by atoms with Crippen LogP contribution in [0.3, 0.4) is 0 Å². The van der Waals surface area contributed by atoms with Crippen LogP contribution in [0.15, 0.2) is 45.5 Å². The molecule has 0 saturated carbocycles. The average molecular weight is 444 g/mol. The molecule has 2 unspecified atom stereocenters. The van der Waals surface area contributed by atoms with Crippen LogP contribution in [0.5, 0.6) is 0 Å². The third-order valence-corrected chi connectivity index (χ3v) is 7.16. The van der Waals surface area contributed by atoms with E-state index in [-0.39, 0.29) is 16.8 Å².